The van der Waals surface area contributed by atoms with Crippen molar-refractivity contribution in [2.75, 3.05) is 18.1 Å². The SMILES string of the molecule is CSC(C)CNc1ccc(C(F)(F)F)cn1. The van der Waals surface area contributed by atoms with Crippen LogP contribution in [0.2, 0.25) is 0 Å². The third-order valence-corrected chi connectivity index (χ3v) is 3.04. The Labute approximate surface area is 96.6 Å². The number of aromatic nitrogens is 1. The van der Waals surface area contributed by atoms with E-state index in [-0.39, 0.29) is 0 Å². The van der Waals surface area contributed by atoms with Crippen molar-refractivity contribution in [1.29, 1.82) is 0 Å². The minimum atomic E-state index is -4.32. The quantitative estimate of drug-likeness (QED) is 0.887. The molecule has 1 atom stereocenters. The van der Waals surface area contributed by atoms with Gasteiger partial charge in [0.2, 0.25) is 0 Å². The van der Waals surface area contributed by atoms with E-state index in [1.54, 1.807) is 11.8 Å². The molecule has 2 nitrogen and oxygen atoms in total. The van der Waals surface area contributed by atoms with E-state index in [4.69, 9.17) is 0 Å². The van der Waals surface area contributed by atoms with Crippen molar-refractivity contribution in [3.8, 4) is 0 Å². The monoisotopic (exact) mass is 250 g/mol. The maximum atomic E-state index is 12.2. The number of alkyl halides is 3. The van der Waals surface area contributed by atoms with Crippen LogP contribution in [0, 0.1) is 0 Å². The van der Waals surface area contributed by atoms with Crippen molar-refractivity contribution in [2.24, 2.45) is 0 Å². The molecule has 90 valence electrons. The highest BCUT2D eigenvalue weighted by molar-refractivity contribution is 7.99. The highest BCUT2D eigenvalue weighted by Gasteiger charge is 2.30. The van der Waals surface area contributed by atoms with Crippen LogP contribution in [-0.4, -0.2) is 23.0 Å². The second kappa shape index (κ2) is 5.43. The first-order valence-corrected chi connectivity index (χ1v) is 6.02. The first-order valence-electron chi connectivity index (χ1n) is 4.73. The molecule has 1 unspecified atom stereocenters. The molecule has 1 aromatic rings. The van der Waals surface area contributed by atoms with Crippen LogP contribution < -0.4 is 5.32 Å². The van der Waals surface area contributed by atoms with Crippen molar-refractivity contribution < 1.29 is 13.2 Å². The van der Waals surface area contributed by atoms with Gasteiger partial charge >= 0.3 is 6.18 Å². The number of hydrogen-bond donors (Lipinski definition) is 1. The molecule has 0 amide bonds. The fourth-order valence-corrected chi connectivity index (χ4v) is 1.25. The van der Waals surface area contributed by atoms with E-state index in [2.05, 4.69) is 10.3 Å². The number of hydrogen-bond acceptors (Lipinski definition) is 3. The van der Waals surface area contributed by atoms with Crippen molar-refractivity contribution in [2.45, 2.75) is 18.3 Å². The minimum absolute atomic E-state index is 0.393. The zero-order valence-electron chi connectivity index (χ0n) is 9.01. The fraction of sp³-hybridized carbons (Fsp3) is 0.500. The molecule has 1 N–H and O–H groups in total. The van der Waals surface area contributed by atoms with E-state index in [1.807, 2.05) is 13.2 Å². The van der Waals surface area contributed by atoms with Crippen LogP contribution in [0.1, 0.15) is 12.5 Å². The van der Waals surface area contributed by atoms with Gasteiger partial charge in [0.1, 0.15) is 5.82 Å². The predicted octanol–water partition coefficient (Wildman–Crippen LogP) is 3.26. The largest absolute Gasteiger partial charge is 0.417 e. The van der Waals surface area contributed by atoms with E-state index in [1.165, 1.54) is 6.07 Å². The molecule has 0 aliphatic rings. The number of halogens is 3. The number of thioether (sulfide) groups is 1. The van der Waals surface area contributed by atoms with E-state index >= 15 is 0 Å². The van der Waals surface area contributed by atoms with E-state index in [0.717, 1.165) is 12.3 Å². The van der Waals surface area contributed by atoms with Gasteiger partial charge in [-0.05, 0) is 18.4 Å². The van der Waals surface area contributed by atoms with E-state index in [9.17, 15) is 13.2 Å². The Morgan fingerprint density at radius 3 is 2.56 bits per heavy atom. The van der Waals surface area contributed by atoms with Crippen LogP contribution in [0.5, 0.6) is 0 Å². The lowest BCUT2D eigenvalue weighted by Crippen LogP contribution is -2.14. The molecule has 0 spiro atoms. The van der Waals surface area contributed by atoms with Crippen LogP contribution in [0.25, 0.3) is 0 Å². The topological polar surface area (TPSA) is 24.9 Å². The maximum Gasteiger partial charge on any atom is 0.417 e. The Hall–Kier alpha value is -0.910. The Bertz CT molecular complexity index is 324. The molecular formula is C10H13F3N2S. The molecule has 0 fully saturated rings. The van der Waals surface area contributed by atoms with Crippen molar-refractivity contribution in [1.82, 2.24) is 4.98 Å². The van der Waals surface area contributed by atoms with Crippen LogP contribution in [0.3, 0.4) is 0 Å². The lowest BCUT2D eigenvalue weighted by Gasteiger charge is -2.11. The number of rotatable bonds is 4. The second-order valence-electron chi connectivity index (χ2n) is 3.36. The molecule has 6 heteroatoms. The van der Waals surface area contributed by atoms with Gasteiger partial charge in [0, 0.05) is 18.0 Å². The summed E-state index contributed by atoms with van der Waals surface area (Å²) in [6.45, 7) is 2.71. The number of pyridine rings is 1. The van der Waals surface area contributed by atoms with Gasteiger partial charge in [-0.15, -0.1) is 0 Å². The summed E-state index contributed by atoms with van der Waals surface area (Å²) in [6, 6.07) is 2.37. The lowest BCUT2D eigenvalue weighted by molar-refractivity contribution is -0.137. The average molecular weight is 250 g/mol. The Kier molecular flexibility index (Phi) is 4.46. The van der Waals surface area contributed by atoms with Gasteiger partial charge in [-0.25, -0.2) is 4.98 Å². The van der Waals surface area contributed by atoms with Gasteiger partial charge in [-0.3, -0.25) is 0 Å². The molecule has 0 aliphatic carbocycles. The molecule has 0 aromatic carbocycles. The molecule has 1 aromatic heterocycles. The van der Waals surface area contributed by atoms with Crippen molar-refractivity contribution >= 4 is 17.6 Å². The van der Waals surface area contributed by atoms with Gasteiger partial charge in [0.25, 0.3) is 0 Å². The zero-order valence-corrected chi connectivity index (χ0v) is 9.82. The first kappa shape index (κ1) is 13.2. The predicted molar refractivity (Wildman–Crippen MR) is 60.7 cm³/mol. The van der Waals surface area contributed by atoms with Gasteiger partial charge in [-0.1, -0.05) is 6.92 Å². The second-order valence-corrected chi connectivity index (χ2v) is 4.63. The lowest BCUT2D eigenvalue weighted by atomic mass is 10.3. The zero-order chi connectivity index (χ0) is 12.2. The average Bonchev–Trinajstić information content (AvgIpc) is 2.25. The van der Waals surface area contributed by atoms with Crippen LogP contribution in [0.15, 0.2) is 18.3 Å². The van der Waals surface area contributed by atoms with Crippen LogP contribution >= 0.6 is 11.8 Å². The van der Waals surface area contributed by atoms with Crippen LogP contribution in [-0.2, 0) is 6.18 Å². The summed E-state index contributed by atoms with van der Waals surface area (Å²) in [5, 5.41) is 3.37. The standard InChI is InChI=1S/C10H13F3N2S/c1-7(16-2)5-14-9-4-3-8(6-15-9)10(11,12)13/h3-4,6-7H,5H2,1-2H3,(H,14,15). The number of anilines is 1. The molecule has 1 heterocycles. The van der Waals surface area contributed by atoms with E-state index in [0.29, 0.717) is 17.6 Å². The summed E-state index contributed by atoms with van der Waals surface area (Å²) >= 11 is 1.68. The van der Waals surface area contributed by atoms with Gasteiger partial charge in [0.05, 0.1) is 5.56 Å². The van der Waals surface area contributed by atoms with Gasteiger partial charge < -0.3 is 5.32 Å². The molecule has 1 rings (SSSR count). The molecule has 0 saturated carbocycles. The summed E-state index contributed by atoms with van der Waals surface area (Å²) in [5.41, 5.74) is -0.726. The van der Waals surface area contributed by atoms with E-state index < -0.39 is 11.7 Å². The normalized spacial score (nSPS) is 13.6. The smallest absolute Gasteiger partial charge is 0.369 e. The Morgan fingerprint density at radius 1 is 1.44 bits per heavy atom. The minimum Gasteiger partial charge on any atom is -0.369 e. The van der Waals surface area contributed by atoms with Gasteiger partial charge in [-0.2, -0.15) is 24.9 Å². The molecular weight excluding hydrogens is 237 g/mol. The highest BCUT2D eigenvalue weighted by Crippen LogP contribution is 2.28. The summed E-state index contributed by atoms with van der Waals surface area (Å²) in [7, 11) is 0. The Morgan fingerprint density at radius 2 is 2.12 bits per heavy atom. The van der Waals surface area contributed by atoms with Crippen molar-refractivity contribution in [3.05, 3.63) is 23.9 Å². The third kappa shape index (κ3) is 3.92. The third-order valence-electron chi connectivity index (χ3n) is 2.06. The Balaban J connectivity index is 2.58. The summed E-state index contributed by atoms with van der Waals surface area (Å²) in [6.07, 6.45) is -1.50. The maximum absolute atomic E-state index is 12.2. The highest BCUT2D eigenvalue weighted by atomic mass is 32.2. The first-order chi connectivity index (χ1) is 7.43. The van der Waals surface area contributed by atoms with Gasteiger partial charge in [0.15, 0.2) is 0 Å². The van der Waals surface area contributed by atoms with Crippen molar-refractivity contribution in [3.63, 3.8) is 0 Å². The fourth-order valence-electron chi connectivity index (χ4n) is 0.998. The summed E-state index contributed by atoms with van der Waals surface area (Å²) < 4.78 is 36.7. The molecule has 16 heavy (non-hydrogen) atoms. The molecule has 0 saturated heterocycles. The number of nitrogens with one attached hydrogen (secondary N) is 1. The summed E-state index contributed by atoms with van der Waals surface area (Å²) in [4.78, 5) is 3.71. The molecule has 0 bridgehead atoms. The summed E-state index contributed by atoms with van der Waals surface area (Å²) in [5.74, 6) is 0.467. The molecule has 0 radical (unpaired) electrons. The van der Waals surface area contributed by atoms with Crippen LogP contribution in [0.4, 0.5) is 19.0 Å². The molecule has 0 aliphatic heterocycles. The number of nitrogens with zero attached hydrogens (tertiary/aromatic N) is 1.